The van der Waals surface area contributed by atoms with Gasteiger partial charge >= 0.3 is 0 Å². The summed E-state index contributed by atoms with van der Waals surface area (Å²) in [4.78, 5) is 8.37. The Morgan fingerprint density at radius 2 is 1.80 bits per heavy atom. The summed E-state index contributed by atoms with van der Waals surface area (Å²) < 4.78 is 8.63. The monoisotopic (exact) mass is 332 g/mol. The number of hydrogen-bond donors (Lipinski definition) is 0. The molecule has 0 saturated heterocycles. The zero-order valence-electron chi connectivity index (χ0n) is 11.4. The van der Waals surface area contributed by atoms with Crippen molar-refractivity contribution in [1.29, 1.82) is 0 Å². The highest BCUT2D eigenvalue weighted by Crippen LogP contribution is 2.29. The molecule has 0 unspecified atom stereocenters. The molecule has 2 heterocycles. The first-order chi connectivity index (χ1) is 9.54. The minimum Gasteiger partial charge on any atom is -0.439 e. The van der Waals surface area contributed by atoms with Crippen molar-refractivity contribution in [2.75, 3.05) is 0 Å². The maximum absolute atomic E-state index is 5.95. The maximum Gasteiger partial charge on any atom is 0.255 e. The van der Waals surface area contributed by atoms with Crippen molar-refractivity contribution < 1.29 is 4.74 Å². The predicted molar refractivity (Wildman–Crippen MR) is 79.2 cm³/mol. The Balaban J connectivity index is 2.07. The Kier molecular flexibility index (Phi) is 3.17. The van der Waals surface area contributed by atoms with E-state index in [1.807, 2.05) is 39.0 Å². The standard InChI is InChI=1S/C14H13BrN4O/c1-8-4-11(5-9(2)13(8)15)20-12-6-10(3)18-14-16-7-17-19(12)14/h4-7H,1-3H3. The number of nitrogens with zero attached hydrogens (tertiary/aromatic N) is 4. The number of hydrogen-bond acceptors (Lipinski definition) is 4. The first-order valence-electron chi connectivity index (χ1n) is 6.16. The second-order valence-corrected chi connectivity index (χ2v) is 5.47. The summed E-state index contributed by atoms with van der Waals surface area (Å²) in [7, 11) is 0. The van der Waals surface area contributed by atoms with Gasteiger partial charge in [-0.15, -0.1) is 0 Å². The molecule has 20 heavy (non-hydrogen) atoms. The quantitative estimate of drug-likeness (QED) is 0.719. The smallest absolute Gasteiger partial charge is 0.255 e. The third-order valence-corrected chi connectivity index (χ3v) is 4.23. The molecule has 0 aliphatic carbocycles. The minimum atomic E-state index is 0.533. The SMILES string of the molecule is Cc1cc(Oc2cc(C)c(Br)c(C)c2)n2ncnc2n1. The summed E-state index contributed by atoms with van der Waals surface area (Å²) in [6, 6.07) is 5.81. The summed E-state index contributed by atoms with van der Waals surface area (Å²) in [5.41, 5.74) is 3.09. The van der Waals surface area contributed by atoms with Gasteiger partial charge in [-0.2, -0.15) is 14.6 Å². The summed E-state index contributed by atoms with van der Waals surface area (Å²) >= 11 is 3.55. The van der Waals surface area contributed by atoms with Gasteiger partial charge < -0.3 is 4.74 Å². The van der Waals surface area contributed by atoms with E-state index in [0.29, 0.717) is 11.7 Å². The van der Waals surface area contributed by atoms with Crippen LogP contribution in [0.5, 0.6) is 11.6 Å². The Morgan fingerprint density at radius 1 is 1.10 bits per heavy atom. The van der Waals surface area contributed by atoms with E-state index in [2.05, 4.69) is 31.0 Å². The van der Waals surface area contributed by atoms with Crippen LogP contribution in [0.25, 0.3) is 5.78 Å². The Morgan fingerprint density at radius 3 is 2.50 bits per heavy atom. The van der Waals surface area contributed by atoms with Crippen molar-refractivity contribution in [3.8, 4) is 11.6 Å². The van der Waals surface area contributed by atoms with E-state index >= 15 is 0 Å². The van der Waals surface area contributed by atoms with Crippen molar-refractivity contribution in [2.24, 2.45) is 0 Å². The van der Waals surface area contributed by atoms with Crippen LogP contribution < -0.4 is 4.74 Å². The van der Waals surface area contributed by atoms with E-state index in [0.717, 1.165) is 27.0 Å². The van der Waals surface area contributed by atoms with E-state index in [4.69, 9.17) is 4.74 Å². The van der Waals surface area contributed by atoms with Crippen molar-refractivity contribution in [3.05, 3.63) is 45.8 Å². The van der Waals surface area contributed by atoms with Gasteiger partial charge in [0.25, 0.3) is 5.78 Å². The van der Waals surface area contributed by atoms with Gasteiger partial charge in [0.1, 0.15) is 12.1 Å². The van der Waals surface area contributed by atoms with E-state index in [1.54, 1.807) is 4.52 Å². The highest BCUT2D eigenvalue weighted by molar-refractivity contribution is 9.10. The molecule has 0 saturated carbocycles. The molecule has 0 N–H and O–H groups in total. The fourth-order valence-corrected chi connectivity index (χ4v) is 2.28. The fraction of sp³-hybridized carbons (Fsp3) is 0.214. The fourth-order valence-electron chi connectivity index (χ4n) is 2.06. The molecule has 0 amide bonds. The number of benzene rings is 1. The van der Waals surface area contributed by atoms with E-state index in [-0.39, 0.29) is 0 Å². The van der Waals surface area contributed by atoms with E-state index in [9.17, 15) is 0 Å². The molecule has 0 radical (unpaired) electrons. The number of halogens is 1. The van der Waals surface area contributed by atoms with Gasteiger partial charge in [-0.1, -0.05) is 15.9 Å². The lowest BCUT2D eigenvalue weighted by atomic mass is 10.1. The van der Waals surface area contributed by atoms with Crippen LogP contribution >= 0.6 is 15.9 Å². The molecule has 6 heteroatoms. The van der Waals surface area contributed by atoms with Gasteiger partial charge in [0.2, 0.25) is 5.88 Å². The number of aromatic nitrogens is 4. The van der Waals surface area contributed by atoms with Gasteiger partial charge in [0.05, 0.1) is 0 Å². The van der Waals surface area contributed by atoms with Gasteiger partial charge in [-0.05, 0) is 44.0 Å². The molecule has 5 nitrogen and oxygen atoms in total. The number of aryl methyl sites for hydroxylation is 3. The number of ether oxygens (including phenoxy) is 1. The molecule has 0 aliphatic heterocycles. The van der Waals surface area contributed by atoms with Gasteiger partial charge in [-0.25, -0.2) is 4.98 Å². The highest BCUT2D eigenvalue weighted by Gasteiger charge is 2.09. The van der Waals surface area contributed by atoms with Gasteiger partial charge in [0.15, 0.2) is 0 Å². The number of fused-ring (bicyclic) bond motifs is 1. The molecule has 0 bridgehead atoms. The maximum atomic E-state index is 5.95. The minimum absolute atomic E-state index is 0.533. The zero-order chi connectivity index (χ0) is 14.3. The van der Waals surface area contributed by atoms with E-state index in [1.165, 1.54) is 6.33 Å². The third kappa shape index (κ3) is 2.27. The van der Waals surface area contributed by atoms with Crippen molar-refractivity contribution in [3.63, 3.8) is 0 Å². The third-order valence-electron chi connectivity index (χ3n) is 2.98. The molecule has 0 atom stereocenters. The van der Waals surface area contributed by atoms with Crippen molar-refractivity contribution in [2.45, 2.75) is 20.8 Å². The lowest BCUT2D eigenvalue weighted by Gasteiger charge is -2.10. The van der Waals surface area contributed by atoms with E-state index < -0.39 is 0 Å². The zero-order valence-corrected chi connectivity index (χ0v) is 13.0. The van der Waals surface area contributed by atoms with Crippen LogP contribution in [0.2, 0.25) is 0 Å². The normalized spacial score (nSPS) is 11.0. The van der Waals surface area contributed by atoms with Crippen LogP contribution in [0, 0.1) is 20.8 Å². The molecule has 3 rings (SSSR count). The van der Waals surface area contributed by atoms with Crippen LogP contribution in [-0.2, 0) is 0 Å². The predicted octanol–water partition coefficient (Wildman–Crippen LogP) is 3.60. The molecule has 0 spiro atoms. The van der Waals surface area contributed by atoms with Crippen LogP contribution in [0.15, 0.2) is 29.0 Å². The average Bonchev–Trinajstić information content (AvgIpc) is 2.84. The van der Waals surface area contributed by atoms with Crippen LogP contribution in [0.1, 0.15) is 16.8 Å². The second-order valence-electron chi connectivity index (χ2n) is 4.68. The number of rotatable bonds is 2. The summed E-state index contributed by atoms with van der Waals surface area (Å²) in [6.07, 6.45) is 1.46. The largest absolute Gasteiger partial charge is 0.439 e. The Labute approximate surface area is 124 Å². The molecular weight excluding hydrogens is 320 g/mol. The van der Waals surface area contributed by atoms with Crippen LogP contribution in [0.3, 0.4) is 0 Å². The van der Waals surface area contributed by atoms with Gasteiger partial charge in [-0.3, -0.25) is 0 Å². The Hall–Kier alpha value is -1.95. The summed E-state index contributed by atoms with van der Waals surface area (Å²) in [5, 5.41) is 4.13. The molecule has 0 aliphatic rings. The molecule has 3 aromatic rings. The molecular formula is C14H13BrN4O. The second kappa shape index (κ2) is 4.86. The summed E-state index contributed by atoms with van der Waals surface area (Å²) in [5.74, 6) is 1.90. The topological polar surface area (TPSA) is 52.3 Å². The first-order valence-corrected chi connectivity index (χ1v) is 6.96. The van der Waals surface area contributed by atoms with Gasteiger partial charge in [0, 0.05) is 16.2 Å². The highest BCUT2D eigenvalue weighted by atomic mass is 79.9. The van der Waals surface area contributed by atoms with Crippen LogP contribution in [0.4, 0.5) is 0 Å². The molecule has 2 aromatic heterocycles. The molecule has 0 fully saturated rings. The lowest BCUT2D eigenvalue weighted by Crippen LogP contribution is -1.99. The Bertz CT molecular complexity index is 774. The van der Waals surface area contributed by atoms with Crippen molar-refractivity contribution in [1.82, 2.24) is 19.6 Å². The first kappa shape index (κ1) is 13.1. The lowest BCUT2D eigenvalue weighted by molar-refractivity contribution is 0.444. The van der Waals surface area contributed by atoms with Crippen LogP contribution in [-0.4, -0.2) is 19.6 Å². The molecule has 102 valence electrons. The average molecular weight is 333 g/mol. The molecule has 1 aromatic carbocycles. The summed E-state index contributed by atoms with van der Waals surface area (Å²) in [6.45, 7) is 5.97. The van der Waals surface area contributed by atoms with Crippen molar-refractivity contribution >= 4 is 21.7 Å².